The van der Waals surface area contributed by atoms with Gasteiger partial charge in [0.1, 0.15) is 18.2 Å². The second-order valence-corrected chi connectivity index (χ2v) is 4.15. The normalized spacial score (nSPS) is 10.2. The molecule has 0 radical (unpaired) electrons. The number of halogens is 2. The van der Waals surface area contributed by atoms with Gasteiger partial charge in [0.15, 0.2) is 0 Å². The van der Waals surface area contributed by atoms with Gasteiger partial charge in [0.25, 0.3) is 0 Å². The number of hydrogen-bond donors (Lipinski definition) is 1. The van der Waals surface area contributed by atoms with Gasteiger partial charge in [-0.1, -0.05) is 23.7 Å². The first-order valence-corrected chi connectivity index (χ1v) is 5.70. The Morgan fingerprint density at radius 3 is 2.89 bits per heavy atom. The molecule has 0 bridgehead atoms. The van der Waals surface area contributed by atoms with Crippen molar-refractivity contribution < 1.29 is 19.0 Å². The molecule has 0 aliphatic rings. The number of carboxylic acids is 1. The van der Waals surface area contributed by atoms with Crippen molar-refractivity contribution in [1.29, 1.82) is 0 Å². The van der Waals surface area contributed by atoms with Gasteiger partial charge in [0.2, 0.25) is 0 Å². The van der Waals surface area contributed by atoms with E-state index in [-0.39, 0.29) is 17.7 Å². The maximum Gasteiger partial charge on any atom is 0.338 e. The highest BCUT2D eigenvalue weighted by molar-refractivity contribution is 6.30. The average Bonchev–Trinajstić information content (AvgIpc) is 2.37. The number of hydrogen-bond acceptors (Lipinski definition) is 3. The molecule has 1 aromatic carbocycles. The van der Waals surface area contributed by atoms with Crippen molar-refractivity contribution in [3.8, 4) is 5.75 Å². The van der Waals surface area contributed by atoms with Gasteiger partial charge in [-0.3, -0.25) is 4.98 Å². The largest absolute Gasteiger partial charge is 0.487 e. The average molecular weight is 282 g/mol. The third kappa shape index (κ3) is 3.20. The van der Waals surface area contributed by atoms with Gasteiger partial charge >= 0.3 is 5.97 Å². The molecule has 0 atom stereocenters. The van der Waals surface area contributed by atoms with Crippen LogP contribution in [0.1, 0.15) is 15.9 Å². The van der Waals surface area contributed by atoms with Crippen LogP contribution < -0.4 is 4.74 Å². The van der Waals surface area contributed by atoms with Crippen LogP contribution in [0.15, 0.2) is 36.7 Å². The van der Waals surface area contributed by atoms with Crippen molar-refractivity contribution in [3.63, 3.8) is 0 Å². The standard InChI is InChI=1S/C13H9ClFNO3/c14-9-4-10(6-16-5-9)19-7-8-2-1-3-11(12(8)15)13(17)18/h1-6H,7H2,(H,17,18). The zero-order valence-electron chi connectivity index (χ0n) is 9.64. The first-order valence-electron chi connectivity index (χ1n) is 5.32. The van der Waals surface area contributed by atoms with E-state index in [9.17, 15) is 9.18 Å². The number of carbonyl (C=O) groups is 1. The second kappa shape index (κ2) is 5.67. The monoisotopic (exact) mass is 281 g/mol. The van der Waals surface area contributed by atoms with Gasteiger partial charge in [-0.25, -0.2) is 9.18 Å². The van der Waals surface area contributed by atoms with Crippen LogP contribution in [0.4, 0.5) is 4.39 Å². The molecule has 0 aliphatic carbocycles. The van der Waals surface area contributed by atoms with Crippen LogP contribution in [0.3, 0.4) is 0 Å². The maximum absolute atomic E-state index is 13.8. The van der Waals surface area contributed by atoms with Crippen molar-refractivity contribution >= 4 is 17.6 Å². The third-order valence-electron chi connectivity index (χ3n) is 2.38. The molecule has 0 unspecified atom stereocenters. The Kier molecular flexibility index (Phi) is 3.97. The molecule has 98 valence electrons. The Hall–Kier alpha value is -2.14. The summed E-state index contributed by atoms with van der Waals surface area (Å²) in [5.41, 5.74) is -0.231. The minimum Gasteiger partial charge on any atom is -0.487 e. The van der Waals surface area contributed by atoms with Gasteiger partial charge < -0.3 is 9.84 Å². The lowest BCUT2D eigenvalue weighted by atomic mass is 10.1. The number of rotatable bonds is 4. The molecule has 19 heavy (non-hydrogen) atoms. The molecule has 0 saturated heterocycles. The van der Waals surface area contributed by atoms with Crippen molar-refractivity contribution in [2.75, 3.05) is 0 Å². The summed E-state index contributed by atoms with van der Waals surface area (Å²) in [5.74, 6) is -1.73. The third-order valence-corrected chi connectivity index (χ3v) is 2.59. The van der Waals surface area contributed by atoms with Gasteiger partial charge in [0.05, 0.1) is 16.8 Å². The van der Waals surface area contributed by atoms with Gasteiger partial charge in [-0.05, 0) is 6.07 Å². The molecule has 0 aliphatic heterocycles. The Balaban J connectivity index is 2.16. The highest BCUT2D eigenvalue weighted by Gasteiger charge is 2.13. The van der Waals surface area contributed by atoms with E-state index < -0.39 is 11.8 Å². The van der Waals surface area contributed by atoms with Gasteiger partial charge in [-0.15, -0.1) is 0 Å². The minimum atomic E-state index is -1.32. The lowest BCUT2D eigenvalue weighted by Gasteiger charge is -2.08. The Bertz CT molecular complexity index is 619. The molecule has 6 heteroatoms. The van der Waals surface area contributed by atoms with Crippen molar-refractivity contribution in [2.24, 2.45) is 0 Å². The van der Waals surface area contributed by atoms with Crippen LogP contribution in [0.25, 0.3) is 0 Å². The maximum atomic E-state index is 13.8. The summed E-state index contributed by atoms with van der Waals surface area (Å²) in [6, 6.07) is 5.65. The lowest BCUT2D eigenvalue weighted by molar-refractivity contribution is 0.0691. The van der Waals surface area contributed by atoms with Crippen molar-refractivity contribution in [1.82, 2.24) is 4.98 Å². The fourth-order valence-electron chi connectivity index (χ4n) is 1.49. The number of pyridine rings is 1. The first-order chi connectivity index (χ1) is 9.08. The first kappa shape index (κ1) is 13.3. The molecule has 4 nitrogen and oxygen atoms in total. The van der Waals surface area contributed by atoms with Crippen molar-refractivity contribution in [2.45, 2.75) is 6.61 Å². The molecule has 0 saturated carbocycles. The summed E-state index contributed by atoms with van der Waals surface area (Å²) in [6.45, 7) is -0.102. The van der Waals surface area contributed by atoms with Crippen LogP contribution in [0.5, 0.6) is 5.75 Å². The molecule has 1 N–H and O–H groups in total. The number of nitrogens with zero attached hydrogens (tertiary/aromatic N) is 1. The number of ether oxygens (including phenoxy) is 1. The predicted octanol–water partition coefficient (Wildman–Crippen LogP) is 3.15. The van der Waals surface area contributed by atoms with Crippen LogP contribution in [0.2, 0.25) is 5.02 Å². The second-order valence-electron chi connectivity index (χ2n) is 3.71. The zero-order chi connectivity index (χ0) is 13.8. The molecular weight excluding hydrogens is 273 g/mol. The number of aromatic nitrogens is 1. The van der Waals surface area contributed by atoms with E-state index in [4.69, 9.17) is 21.4 Å². The summed E-state index contributed by atoms with van der Waals surface area (Å²) < 4.78 is 19.1. The van der Waals surface area contributed by atoms with Crippen LogP contribution in [-0.2, 0) is 6.61 Å². The van der Waals surface area contributed by atoms with Gasteiger partial charge in [-0.2, -0.15) is 0 Å². The summed E-state index contributed by atoms with van der Waals surface area (Å²) in [6.07, 6.45) is 2.88. The predicted molar refractivity (Wildman–Crippen MR) is 66.9 cm³/mol. The van der Waals surface area contributed by atoms with Crippen LogP contribution in [-0.4, -0.2) is 16.1 Å². The van der Waals surface area contributed by atoms with Gasteiger partial charge in [0, 0.05) is 17.8 Å². The summed E-state index contributed by atoms with van der Waals surface area (Å²) in [5, 5.41) is 9.20. The highest BCUT2D eigenvalue weighted by atomic mass is 35.5. The van der Waals surface area contributed by atoms with E-state index in [2.05, 4.69) is 4.98 Å². The van der Waals surface area contributed by atoms with Crippen LogP contribution in [0, 0.1) is 5.82 Å². The number of aromatic carboxylic acids is 1. The molecular formula is C13H9ClFNO3. The molecule has 0 amide bonds. The fraction of sp³-hybridized carbons (Fsp3) is 0.0769. The van der Waals surface area contributed by atoms with E-state index in [1.54, 1.807) is 0 Å². The Labute approximate surface area is 113 Å². The SMILES string of the molecule is O=C(O)c1cccc(COc2cncc(Cl)c2)c1F. The highest BCUT2D eigenvalue weighted by Crippen LogP contribution is 2.19. The number of carboxylic acid groups (broad SMARTS) is 1. The fourth-order valence-corrected chi connectivity index (χ4v) is 1.65. The summed E-state index contributed by atoms with van der Waals surface area (Å²) >= 11 is 5.73. The molecule has 0 fully saturated rings. The number of benzene rings is 1. The van der Waals surface area contributed by atoms with E-state index in [1.165, 1.54) is 36.7 Å². The Morgan fingerprint density at radius 1 is 1.42 bits per heavy atom. The smallest absolute Gasteiger partial charge is 0.338 e. The lowest BCUT2D eigenvalue weighted by Crippen LogP contribution is -2.06. The summed E-state index contributed by atoms with van der Waals surface area (Å²) in [4.78, 5) is 14.6. The molecule has 2 aromatic rings. The molecule has 1 aromatic heterocycles. The molecule has 0 spiro atoms. The van der Waals surface area contributed by atoms with E-state index in [0.717, 1.165) is 0 Å². The Morgan fingerprint density at radius 2 is 2.21 bits per heavy atom. The summed E-state index contributed by atoms with van der Waals surface area (Å²) in [7, 11) is 0. The van der Waals surface area contributed by atoms with E-state index in [0.29, 0.717) is 10.8 Å². The minimum absolute atomic E-state index is 0.102. The van der Waals surface area contributed by atoms with E-state index in [1.807, 2.05) is 0 Å². The zero-order valence-corrected chi connectivity index (χ0v) is 10.4. The molecule has 2 rings (SSSR count). The topological polar surface area (TPSA) is 59.4 Å². The van der Waals surface area contributed by atoms with E-state index >= 15 is 0 Å². The van der Waals surface area contributed by atoms with Crippen molar-refractivity contribution in [3.05, 3.63) is 58.6 Å². The van der Waals surface area contributed by atoms with Crippen LogP contribution >= 0.6 is 11.6 Å². The molecule has 1 heterocycles. The quantitative estimate of drug-likeness (QED) is 0.935.